The molecule has 0 amide bonds. The molecule has 8 heteroatoms. The van der Waals surface area contributed by atoms with Gasteiger partial charge in [-0.25, -0.2) is 0 Å². The first-order valence-corrected chi connectivity index (χ1v) is 8.86. The Morgan fingerprint density at radius 2 is 1.96 bits per heavy atom. The summed E-state index contributed by atoms with van der Waals surface area (Å²) < 4.78 is 47.5. The highest BCUT2D eigenvalue weighted by Crippen LogP contribution is 2.36. The molecule has 0 aliphatic carbocycles. The van der Waals surface area contributed by atoms with Gasteiger partial charge in [0.2, 0.25) is 0 Å². The topological polar surface area (TPSA) is 35.5 Å². The number of carbonyl (C=O) groups is 1. The summed E-state index contributed by atoms with van der Waals surface area (Å²) >= 11 is 7.93. The van der Waals surface area contributed by atoms with Gasteiger partial charge in [-0.2, -0.15) is 13.2 Å². The number of rotatable bonds is 7. The van der Waals surface area contributed by atoms with Crippen molar-refractivity contribution in [2.75, 3.05) is 13.2 Å². The zero-order chi connectivity index (χ0) is 18.5. The van der Waals surface area contributed by atoms with E-state index in [4.69, 9.17) is 21.1 Å². The molecule has 0 aliphatic rings. The Bertz CT molecular complexity index is 576. The monoisotopic (exact) mass is 478 g/mol. The van der Waals surface area contributed by atoms with Crippen molar-refractivity contribution < 1.29 is 27.4 Å². The Labute approximate surface area is 158 Å². The molecule has 0 spiro atoms. The molecule has 1 atom stereocenters. The van der Waals surface area contributed by atoms with Crippen LogP contribution >= 0.6 is 34.2 Å². The van der Waals surface area contributed by atoms with Gasteiger partial charge in [-0.15, -0.1) is 0 Å². The number of ether oxygens (including phenoxy) is 2. The van der Waals surface area contributed by atoms with Gasteiger partial charge in [0.05, 0.1) is 21.1 Å². The quantitative estimate of drug-likeness (QED) is 0.379. The number of hydrogen-bond donors (Lipinski definition) is 0. The van der Waals surface area contributed by atoms with Gasteiger partial charge in [0.25, 0.3) is 0 Å². The third-order valence-corrected chi connectivity index (χ3v) is 4.82. The predicted octanol–water partition coefficient (Wildman–Crippen LogP) is 5.58. The van der Waals surface area contributed by atoms with Gasteiger partial charge < -0.3 is 9.47 Å². The van der Waals surface area contributed by atoms with Crippen molar-refractivity contribution in [2.45, 2.75) is 39.3 Å². The maximum atomic E-state index is 12.4. The second kappa shape index (κ2) is 9.12. The second-order valence-electron chi connectivity index (χ2n) is 5.65. The van der Waals surface area contributed by atoms with Crippen LogP contribution in [0.3, 0.4) is 0 Å². The highest BCUT2D eigenvalue weighted by atomic mass is 127. The minimum atomic E-state index is -4.45. The highest BCUT2D eigenvalue weighted by molar-refractivity contribution is 14.1. The Morgan fingerprint density at radius 1 is 1.33 bits per heavy atom. The van der Waals surface area contributed by atoms with Gasteiger partial charge >= 0.3 is 12.1 Å². The van der Waals surface area contributed by atoms with E-state index < -0.39 is 24.7 Å². The van der Waals surface area contributed by atoms with Crippen molar-refractivity contribution in [3.05, 3.63) is 26.3 Å². The Morgan fingerprint density at radius 3 is 2.46 bits per heavy atom. The molecule has 0 saturated carbocycles. The third kappa shape index (κ3) is 6.66. The average molecular weight is 479 g/mol. The van der Waals surface area contributed by atoms with E-state index in [2.05, 4.69) is 0 Å². The Balaban J connectivity index is 3.19. The third-order valence-electron chi connectivity index (χ3n) is 3.09. The molecule has 1 aromatic rings. The minimum absolute atomic E-state index is 0.00785. The first-order chi connectivity index (χ1) is 11.0. The summed E-state index contributed by atoms with van der Waals surface area (Å²) in [5.41, 5.74) is 0.491. The fourth-order valence-corrected chi connectivity index (χ4v) is 2.82. The van der Waals surface area contributed by atoms with Crippen LogP contribution in [0.15, 0.2) is 12.1 Å². The van der Waals surface area contributed by atoms with Gasteiger partial charge in [0, 0.05) is 0 Å². The standard InChI is InChI=1S/C16H19ClF3IO3/c1-4-23-15(22)11(5-9(2)3)10-6-12(17)14(21)13(7-10)24-8-16(18,19)20/h6-7,9,11H,4-5,8H2,1-3H3. The van der Waals surface area contributed by atoms with Crippen molar-refractivity contribution in [3.8, 4) is 5.75 Å². The minimum Gasteiger partial charge on any atom is -0.483 e. The molecule has 0 bridgehead atoms. The van der Waals surface area contributed by atoms with E-state index in [-0.39, 0.29) is 23.3 Å². The molecule has 136 valence electrons. The predicted molar refractivity (Wildman–Crippen MR) is 94.5 cm³/mol. The maximum Gasteiger partial charge on any atom is 0.422 e. The lowest BCUT2D eigenvalue weighted by molar-refractivity contribution is -0.153. The van der Waals surface area contributed by atoms with E-state index >= 15 is 0 Å². The summed E-state index contributed by atoms with van der Waals surface area (Å²) in [5, 5.41) is 0.239. The smallest absolute Gasteiger partial charge is 0.422 e. The van der Waals surface area contributed by atoms with Crippen LogP contribution in [0.5, 0.6) is 5.75 Å². The molecule has 24 heavy (non-hydrogen) atoms. The van der Waals surface area contributed by atoms with Gasteiger partial charge in [0.1, 0.15) is 5.75 Å². The molecule has 0 aromatic heterocycles. The summed E-state index contributed by atoms with van der Waals surface area (Å²) in [7, 11) is 0. The van der Waals surface area contributed by atoms with Crippen LogP contribution in [-0.4, -0.2) is 25.4 Å². The van der Waals surface area contributed by atoms with Gasteiger partial charge in [-0.05, 0) is 59.5 Å². The zero-order valence-corrected chi connectivity index (χ0v) is 16.5. The molecule has 1 aromatic carbocycles. The van der Waals surface area contributed by atoms with E-state index in [1.54, 1.807) is 13.0 Å². The van der Waals surface area contributed by atoms with Crippen LogP contribution < -0.4 is 4.74 Å². The number of carbonyl (C=O) groups excluding carboxylic acids is 1. The van der Waals surface area contributed by atoms with Crippen molar-refractivity contribution in [1.29, 1.82) is 0 Å². The molecule has 0 fully saturated rings. The number of esters is 1. The van der Waals surface area contributed by atoms with E-state index in [1.165, 1.54) is 6.07 Å². The molecule has 1 rings (SSSR count). The van der Waals surface area contributed by atoms with Gasteiger partial charge in [-0.1, -0.05) is 25.4 Å². The van der Waals surface area contributed by atoms with Crippen molar-refractivity contribution >= 4 is 40.2 Å². The number of benzene rings is 1. The first kappa shape index (κ1) is 21.3. The summed E-state index contributed by atoms with van der Waals surface area (Å²) in [6.45, 7) is 4.40. The molecule has 0 heterocycles. The zero-order valence-electron chi connectivity index (χ0n) is 13.5. The summed E-state index contributed by atoms with van der Waals surface area (Å²) in [6.07, 6.45) is -3.96. The van der Waals surface area contributed by atoms with Crippen LogP contribution in [0.25, 0.3) is 0 Å². The number of alkyl halides is 3. The summed E-state index contributed by atoms with van der Waals surface area (Å²) in [4.78, 5) is 12.2. The molecule has 0 aliphatic heterocycles. The lowest BCUT2D eigenvalue weighted by Crippen LogP contribution is -2.21. The Hall–Kier alpha value is -0.700. The van der Waals surface area contributed by atoms with E-state index in [9.17, 15) is 18.0 Å². The van der Waals surface area contributed by atoms with E-state index in [0.717, 1.165) is 0 Å². The van der Waals surface area contributed by atoms with E-state index in [1.807, 2.05) is 36.4 Å². The summed E-state index contributed by atoms with van der Waals surface area (Å²) in [5.74, 6) is -0.830. The van der Waals surface area contributed by atoms with Crippen molar-refractivity contribution in [2.24, 2.45) is 5.92 Å². The second-order valence-corrected chi connectivity index (χ2v) is 7.14. The van der Waals surface area contributed by atoms with Crippen LogP contribution in [-0.2, 0) is 9.53 Å². The van der Waals surface area contributed by atoms with Crippen molar-refractivity contribution in [3.63, 3.8) is 0 Å². The number of halogens is 5. The lowest BCUT2D eigenvalue weighted by Gasteiger charge is -2.20. The van der Waals surface area contributed by atoms with Crippen LogP contribution in [0.4, 0.5) is 13.2 Å². The fourth-order valence-electron chi connectivity index (χ4n) is 2.13. The SMILES string of the molecule is CCOC(=O)C(CC(C)C)c1cc(Cl)c(I)c(OCC(F)(F)F)c1. The largest absolute Gasteiger partial charge is 0.483 e. The summed E-state index contributed by atoms with van der Waals surface area (Å²) in [6, 6.07) is 3.01. The molecular weight excluding hydrogens is 460 g/mol. The average Bonchev–Trinajstić information content (AvgIpc) is 2.45. The molecule has 0 N–H and O–H groups in total. The molecule has 0 saturated heterocycles. The Kier molecular flexibility index (Phi) is 8.11. The first-order valence-electron chi connectivity index (χ1n) is 7.40. The normalized spacial score (nSPS) is 13.0. The maximum absolute atomic E-state index is 12.4. The fraction of sp³-hybridized carbons (Fsp3) is 0.562. The molecule has 1 unspecified atom stereocenters. The lowest BCUT2D eigenvalue weighted by atomic mass is 9.90. The van der Waals surface area contributed by atoms with Crippen LogP contribution in [0, 0.1) is 9.49 Å². The van der Waals surface area contributed by atoms with Crippen LogP contribution in [0.1, 0.15) is 38.7 Å². The van der Waals surface area contributed by atoms with Gasteiger partial charge in [-0.3, -0.25) is 4.79 Å². The number of hydrogen-bond acceptors (Lipinski definition) is 3. The van der Waals surface area contributed by atoms with Crippen LogP contribution in [0.2, 0.25) is 5.02 Å². The van der Waals surface area contributed by atoms with Gasteiger partial charge in [0.15, 0.2) is 6.61 Å². The molecule has 0 radical (unpaired) electrons. The molecular formula is C16H19ClF3IO3. The molecule has 3 nitrogen and oxygen atoms in total. The highest BCUT2D eigenvalue weighted by Gasteiger charge is 2.30. The van der Waals surface area contributed by atoms with Crippen molar-refractivity contribution in [1.82, 2.24) is 0 Å². The van der Waals surface area contributed by atoms with E-state index in [0.29, 0.717) is 15.6 Å².